The maximum absolute atomic E-state index is 11.4. The molecule has 0 aliphatic carbocycles. The lowest BCUT2D eigenvalue weighted by Gasteiger charge is -2.02. The number of carbonyl (C=O) groups is 1. The molecule has 0 aliphatic heterocycles. The summed E-state index contributed by atoms with van der Waals surface area (Å²) in [7, 11) is -3.50. The van der Waals surface area contributed by atoms with Gasteiger partial charge in [0.1, 0.15) is 0 Å². The number of carbonyl (C=O) groups excluding carboxylic acids is 1. The lowest BCUT2D eigenvalue weighted by Crippen LogP contribution is -2.29. The van der Waals surface area contributed by atoms with Crippen LogP contribution in [0.4, 0.5) is 0 Å². The van der Waals surface area contributed by atoms with Crippen LogP contribution < -0.4 is 4.72 Å². The average molecular weight is 292 g/mol. The molecule has 82 valence electrons. The quantitative estimate of drug-likeness (QED) is 0.853. The molecule has 0 aromatic heterocycles. The molecule has 1 N–H and O–H groups in total. The van der Waals surface area contributed by atoms with Crippen molar-refractivity contribution in [2.75, 3.05) is 6.26 Å². The van der Waals surface area contributed by atoms with Crippen molar-refractivity contribution in [1.82, 2.24) is 4.72 Å². The van der Waals surface area contributed by atoms with Gasteiger partial charge < -0.3 is 0 Å². The van der Waals surface area contributed by atoms with E-state index < -0.39 is 15.9 Å². The highest BCUT2D eigenvalue weighted by Gasteiger charge is 2.10. The molecule has 1 amide bonds. The van der Waals surface area contributed by atoms with E-state index in [1.807, 2.05) is 4.72 Å². The molecule has 0 spiro atoms. The van der Waals surface area contributed by atoms with Crippen LogP contribution in [0.25, 0.3) is 0 Å². The van der Waals surface area contributed by atoms with Crippen LogP contribution in [0.1, 0.15) is 15.9 Å². The first kappa shape index (κ1) is 12.2. The van der Waals surface area contributed by atoms with E-state index in [1.165, 1.54) is 0 Å². The second-order valence-electron chi connectivity index (χ2n) is 3.03. The number of alkyl halides is 1. The zero-order valence-electron chi connectivity index (χ0n) is 8.03. The molecular weight excluding hydrogens is 282 g/mol. The van der Waals surface area contributed by atoms with Crippen molar-refractivity contribution in [3.63, 3.8) is 0 Å². The van der Waals surface area contributed by atoms with Crippen molar-refractivity contribution >= 4 is 31.9 Å². The molecule has 1 aromatic rings. The number of amides is 1. The predicted octanol–water partition coefficient (Wildman–Crippen LogP) is 1.27. The Morgan fingerprint density at radius 3 is 2.27 bits per heavy atom. The first-order valence-corrected chi connectivity index (χ1v) is 7.10. The highest BCUT2D eigenvalue weighted by Crippen LogP contribution is 2.07. The molecule has 0 radical (unpaired) electrons. The minimum atomic E-state index is -3.50. The van der Waals surface area contributed by atoms with Crippen molar-refractivity contribution in [1.29, 1.82) is 0 Å². The van der Waals surface area contributed by atoms with Crippen molar-refractivity contribution in [3.05, 3.63) is 35.4 Å². The molecule has 1 aromatic carbocycles. The van der Waals surface area contributed by atoms with Gasteiger partial charge in [-0.25, -0.2) is 13.1 Å². The zero-order valence-corrected chi connectivity index (χ0v) is 10.4. The molecule has 0 saturated heterocycles. The molecule has 4 nitrogen and oxygen atoms in total. The first-order chi connectivity index (χ1) is 6.92. The van der Waals surface area contributed by atoms with Gasteiger partial charge in [-0.1, -0.05) is 28.1 Å². The number of hydrogen-bond donors (Lipinski definition) is 1. The Bertz CT molecular complexity index is 453. The van der Waals surface area contributed by atoms with E-state index in [-0.39, 0.29) is 0 Å². The first-order valence-electron chi connectivity index (χ1n) is 4.09. The van der Waals surface area contributed by atoms with E-state index in [9.17, 15) is 13.2 Å². The highest BCUT2D eigenvalue weighted by atomic mass is 79.9. The van der Waals surface area contributed by atoms with E-state index in [2.05, 4.69) is 15.9 Å². The number of benzene rings is 1. The van der Waals surface area contributed by atoms with Gasteiger partial charge in [0.15, 0.2) is 0 Å². The van der Waals surface area contributed by atoms with E-state index in [0.717, 1.165) is 11.8 Å². The Labute approximate surface area is 96.9 Å². The summed E-state index contributed by atoms with van der Waals surface area (Å²) in [5, 5.41) is 0.695. The van der Waals surface area contributed by atoms with Gasteiger partial charge in [0.25, 0.3) is 5.91 Å². The molecule has 0 fully saturated rings. The van der Waals surface area contributed by atoms with Gasteiger partial charge in [-0.15, -0.1) is 0 Å². The van der Waals surface area contributed by atoms with Gasteiger partial charge in [-0.05, 0) is 17.7 Å². The van der Waals surface area contributed by atoms with Gasteiger partial charge in [0.2, 0.25) is 10.0 Å². The maximum Gasteiger partial charge on any atom is 0.264 e. The van der Waals surface area contributed by atoms with E-state index >= 15 is 0 Å². The molecule has 0 saturated carbocycles. The Hall–Kier alpha value is -0.880. The van der Waals surface area contributed by atoms with Gasteiger partial charge in [0, 0.05) is 10.9 Å². The molecule has 0 unspecified atom stereocenters. The number of rotatable bonds is 3. The summed E-state index contributed by atoms with van der Waals surface area (Å²) in [6.07, 6.45) is 0.942. The standard InChI is InChI=1S/C9H10BrNO3S/c1-15(13,14)11-9(12)8-4-2-7(6-10)3-5-8/h2-5H,6H2,1H3,(H,11,12). The van der Waals surface area contributed by atoms with Gasteiger partial charge in [-0.2, -0.15) is 0 Å². The Kier molecular flexibility index (Phi) is 3.87. The van der Waals surface area contributed by atoms with Crippen LogP contribution in [0.5, 0.6) is 0 Å². The molecule has 0 bridgehead atoms. The largest absolute Gasteiger partial charge is 0.268 e. The maximum atomic E-state index is 11.4. The third-order valence-electron chi connectivity index (χ3n) is 1.65. The van der Waals surface area contributed by atoms with Gasteiger partial charge in [-0.3, -0.25) is 4.79 Å². The SMILES string of the molecule is CS(=O)(=O)NC(=O)c1ccc(CBr)cc1. The Balaban J connectivity index is 2.84. The minimum absolute atomic E-state index is 0.324. The fraction of sp³-hybridized carbons (Fsp3) is 0.222. The monoisotopic (exact) mass is 291 g/mol. The number of nitrogens with one attached hydrogen (secondary N) is 1. The molecular formula is C9H10BrNO3S. The van der Waals surface area contributed by atoms with Crippen LogP contribution in [-0.2, 0) is 15.4 Å². The molecule has 1 rings (SSSR count). The summed E-state index contributed by atoms with van der Waals surface area (Å²) in [6, 6.07) is 6.67. The Morgan fingerprint density at radius 2 is 1.87 bits per heavy atom. The van der Waals surface area contributed by atoms with Crippen LogP contribution in [0.15, 0.2) is 24.3 Å². The fourth-order valence-corrected chi connectivity index (χ4v) is 1.80. The number of hydrogen-bond acceptors (Lipinski definition) is 3. The lowest BCUT2D eigenvalue weighted by atomic mass is 10.1. The van der Waals surface area contributed by atoms with Crippen molar-refractivity contribution in [2.24, 2.45) is 0 Å². The van der Waals surface area contributed by atoms with Crippen LogP contribution in [0.3, 0.4) is 0 Å². The van der Waals surface area contributed by atoms with Crippen LogP contribution >= 0.6 is 15.9 Å². The van der Waals surface area contributed by atoms with Crippen LogP contribution in [-0.4, -0.2) is 20.6 Å². The smallest absolute Gasteiger partial charge is 0.264 e. The zero-order chi connectivity index (χ0) is 11.5. The van der Waals surface area contributed by atoms with E-state index in [4.69, 9.17) is 0 Å². The summed E-state index contributed by atoms with van der Waals surface area (Å²) >= 11 is 3.27. The summed E-state index contributed by atoms with van der Waals surface area (Å²) in [4.78, 5) is 11.4. The van der Waals surface area contributed by atoms with Gasteiger partial charge in [0.05, 0.1) is 6.26 Å². The fourth-order valence-electron chi connectivity index (χ4n) is 0.973. The van der Waals surface area contributed by atoms with Crippen molar-refractivity contribution < 1.29 is 13.2 Å². The third kappa shape index (κ3) is 4.01. The van der Waals surface area contributed by atoms with Gasteiger partial charge >= 0.3 is 0 Å². The van der Waals surface area contributed by atoms with E-state index in [1.54, 1.807) is 24.3 Å². The number of sulfonamides is 1. The molecule has 0 heterocycles. The number of halogens is 1. The second kappa shape index (κ2) is 4.76. The van der Waals surface area contributed by atoms with Crippen LogP contribution in [0.2, 0.25) is 0 Å². The lowest BCUT2D eigenvalue weighted by molar-refractivity contribution is 0.0981. The second-order valence-corrected chi connectivity index (χ2v) is 5.34. The molecule has 6 heteroatoms. The Morgan fingerprint density at radius 1 is 1.33 bits per heavy atom. The predicted molar refractivity (Wildman–Crippen MR) is 61.4 cm³/mol. The topological polar surface area (TPSA) is 63.2 Å². The normalized spacial score (nSPS) is 11.1. The van der Waals surface area contributed by atoms with E-state index in [0.29, 0.717) is 10.9 Å². The molecule has 0 atom stereocenters. The summed E-state index contributed by atoms with van der Waals surface area (Å²) in [5.41, 5.74) is 1.34. The summed E-state index contributed by atoms with van der Waals surface area (Å²) in [5.74, 6) is -0.612. The third-order valence-corrected chi connectivity index (χ3v) is 2.85. The van der Waals surface area contributed by atoms with Crippen LogP contribution in [0, 0.1) is 0 Å². The minimum Gasteiger partial charge on any atom is -0.268 e. The summed E-state index contributed by atoms with van der Waals surface area (Å²) < 4.78 is 23.5. The van der Waals surface area contributed by atoms with Crippen molar-refractivity contribution in [2.45, 2.75) is 5.33 Å². The summed E-state index contributed by atoms with van der Waals surface area (Å²) in [6.45, 7) is 0. The highest BCUT2D eigenvalue weighted by molar-refractivity contribution is 9.08. The van der Waals surface area contributed by atoms with Crippen molar-refractivity contribution in [3.8, 4) is 0 Å². The molecule has 15 heavy (non-hydrogen) atoms. The average Bonchev–Trinajstić information content (AvgIpc) is 2.15. The molecule has 0 aliphatic rings.